The van der Waals surface area contributed by atoms with Gasteiger partial charge in [0.2, 0.25) is 0 Å². The Morgan fingerprint density at radius 2 is 0.744 bits per heavy atom. The molecule has 0 atom stereocenters. The highest BCUT2D eigenvalue weighted by molar-refractivity contribution is 5.50. The summed E-state index contributed by atoms with van der Waals surface area (Å²) in [5.74, 6) is 0. The van der Waals surface area contributed by atoms with E-state index < -0.39 is 0 Å². The predicted molar refractivity (Wildman–Crippen MR) is 177 cm³/mol. The van der Waals surface area contributed by atoms with Crippen molar-refractivity contribution in [2.75, 3.05) is 0 Å². The van der Waals surface area contributed by atoms with E-state index in [9.17, 15) is 0 Å². The molecule has 0 fully saturated rings. The van der Waals surface area contributed by atoms with E-state index in [1.54, 1.807) is 11.1 Å². The highest BCUT2D eigenvalue weighted by Crippen LogP contribution is 2.42. The third kappa shape index (κ3) is 8.24. The summed E-state index contributed by atoms with van der Waals surface area (Å²) in [6, 6.07) is 10.2. The maximum Gasteiger partial charge on any atom is -0.0126 e. The molecule has 0 radical (unpaired) electrons. The molecule has 2 aromatic rings. The van der Waals surface area contributed by atoms with Gasteiger partial charge >= 0.3 is 0 Å². The van der Waals surface area contributed by atoms with Crippen LogP contribution in [0, 0.1) is 0 Å². The fourth-order valence-corrected chi connectivity index (χ4v) is 6.02. The van der Waals surface area contributed by atoms with Crippen molar-refractivity contribution >= 4 is 0 Å². The summed E-state index contributed by atoms with van der Waals surface area (Å²) >= 11 is 0. The maximum absolute atomic E-state index is 2.55. The average Bonchev–Trinajstić information content (AvgIpc) is 2.68. The predicted octanol–water partition coefficient (Wildman–Crippen LogP) is 11.6. The minimum atomic E-state index is 0.111. The van der Waals surface area contributed by atoms with Crippen molar-refractivity contribution in [3.63, 3.8) is 0 Å². The standard InChI is InChI=1S/C39H64/c1-34(2,3)27-24-29(35(4,5)6)28(30(25-27)36(7,8)9)21-19-20-26-22-31(37(10,11)12)33(39(16,17)18)32(23-26)38(13,14)15/h22-25H,19-21H2,1-18H3. The molecular weight excluding hydrogens is 468 g/mol. The third-order valence-electron chi connectivity index (χ3n) is 8.19. The molecule has 2 aromatic carbocycles. The number of aryl methyl sites for hydroxylation is 1. The number of hydrogen-bond donors (Lipinski definition) is 0. The summed E-state index contributed by atoms with van der Waals surface area (Å²) < 4.78 is 0. The van der Waals surface area contributed by atoms with Crippen LogP contribution in [-0.2, 0) is 45.3 Å². The molecule has 220 valence electrons. The zero-order valence-electron chi connectivity index (χ0n) is 29.4. The fraction of sp³-hybridized carbons (Fsp3) is 0.692. The summed E-state index contributed by atoms with van der Waals surface area (Å²) in [5.41, 5.74) is 12.9. The molecule has 0 aliphatic rings. The number of benzene rings is 2. The topological polar surface area (TPSA) is 0 Å². The van der Waals surface area contributed by atoms with Gasteiger partial charge in [-0.15, -0.1) is 0 Å². The van der Waals surface area contributed by atoms with Gasteiger partial charge in [0.1, 0.15) is 0 Å². The molecular formula is C39H64. The normalized spacial score (nSPS) is 14.2. The second-order valence-electron chi connectivity index (χ2n) is 18.5. The van der Waals surface area contributed by atoms with Crippen LogP contribution < -0.4 is 0 Å². The van der Waals surface area contributed by atoms with E-state index >= 15 is 0 Å². The Morgan fingerprint density at radius 1 is 0.385 bits per heavy atom. The second-order valence-corrected chi connectivity index (χ2v) is 18.5. The zero-order valence-corrected chi connectivity index (χ0v) is 29.4. The van der Waals surface area contributed by atoms with E-state index in [0.717, 1.165) is 12.8 Å². The molecule has 0 saturated heterocycles. The molecule has 0 spiro atoms. The van der Waals surface area contributed by atoms with Crippen molar-refractivity contribution < 1.29 is 0 Å². The van der Waals surface area contributed by atoms with Crippen LogP contribution in [0.5, 0.6) is 0 Å². The molecule has 0 unspecified atom stereocenters. The van der Waals surface area contributed by atoms with Gasteiger partial charge in [-0.3, -0.25) is 0 Å². The molecule has 0 heteroatoms. The highest BCUT2D eigenvalue weighted by atomic mass is 14.4. The second kappa shape index (κ2) is 10.7. The van der Waals surface area contributed by atoms with Crippen molar-refractivity contribution in [1.29, 1.82) is 0 Å². The average molecular weight is 533 g/mol. The van der Waals surface area contributed by atoms with Crippen molar-refractivity contribution in [1.82, 2.24) is 0 Å². The Kier molecular flexibility index (Phi) is 9.22. The Hall–Kier alpha value is -1.56. The van der Waals surface area contributed by atoms with Gasteiger partial charge in [-0.1, -0.05) is 149 Å². The maximum atomic E-state index is 2.55. The van der Waals surface area contributed by atoms with Gasteiger partial charge in [0.15, 0.2) is 0 Å². The molecule has 2 rings (SSSR count). The first kappa shape index (κ1) is 33.6. The van der Waals surface area contributed by atoms with Gasteiger partial charge in [0.25, 0.3) is 0 Å². The summed E-state index contributed by atoms with van der Waals surface area (Å²) in [4.78, 5) is 0. The summed E-state index contributed by atoms with van der Waals surface area (Å²) in [5, 5.41) is 0. The van der Waals surface area contributed by atoms with Gasteiger partial charge < -0.3 is 0 Å². The van der Waals surface area contributed by atoms with Gasteiger partial charge in [0.05, 0.1) is 0 Å². The highest BCUT2D eigenvalue weighted by Gasteiger charge is 2.33. The number of rotatable bonds is 4. The van der Waals surface area contributed by atoms with Crippen molar-refractivity contribution in [3.8, 4) is 0 Å². The van der Waals surface area contributed by atoms with E-state index in [1.807, 2.05) is 0 Å². The minimum absolute atomic E-state index is 0.111. The van der Waals surface area contributed by atoms with Gasteiger partial charge in [-0.25, -0.2) is 0 Å². The molecule has 0 aromatic heterocycles. The van der Waals surface area contributed by atoms with E-state index in [2.05, 4.69) is 149 Å². The largest absolute Gasteiger partial charge is 0.0561 e. The van der Waals surface area contributed by atoms with E-state index in [-0.39, 0.29) is 32.5 Å². The van der Waals surface area contributed by atoms with Crippen molar-refractivity contribution in [2.24, 2.45) is 0 Å². The van der Waals surface area contributed by atoms with Crippen LogP contribution in [0.4, 0.5) is 0 Å². The van der Waals surface area contributed by atoms with Crippen LogP contribution in [0.3, 0.4) is 0 Å². The molecule has 0 amide bonds. The summed E-state index contributed by atoms with van der Waals surface area (Å²) in [6.07, 6.45) is 3.41. The molecule has 0 saturated carbocycles. The summed E-state index contributed by atoms with van der Waals surface area (Å²) in [6.45, 7) is 42.8. The van der Waals surface area contributed by atoms with Crippen LogP contribution in [0.1, 0.15) is 176 Å². The smallest absolute Gasteiger partial charge is 0.0126 e. The number of hydrogen-bond acceptors (Lipinski definition) is 0. The monoisotopic (exact) mass is 533 g/mol. The van der Waals surface area contributed by atoms with Crippen LogP contribution in [0.25, 0.3) is 0 Å². The van der Waals surface area contributed by atoms with Gasteiger partial charge in [-0.05, 0) is 96.3 Å². The third-order valence-corrected chi connectivity index (χ3v) is 8.19. The van der Waals surface area contributed by atoms with Crippen molar-refractivity contribution in [2.45, 2.75) is 176 Å². The lowest BCUT2D eigenvalue weighted by Crippen LogP contribution is -2.28. The lowest BCUT2D eigenvalue weighted by molar-refractivity contribution is 0.496. The van der Waals surface area contributed by atoms with E-state index in [1.165, 1.54) is 39.8 Å². The van der Waals surface area contributed by atoms with Crippen LogP contribution in [0.15, 0.2) is 24.3 Å². The molecule has 39 heavy (non-hydrogen) atoms. The Labute approximate surface area is 244 Å². The Balaban J connectivity index is 2.65. The van der Waals surface area contributed by atoms with Crippen molar-refractivity contribution in [3.05, 3.63) is 68.8 Å². The molecule has 0 aliphatic carbocycles. The summed E-state index contributed by atoms with van der Waals surface area (Å²) in [7, 11) is 0. The van der Waals surface area contributed by atoms with Crippen LogP contribution in [-0.4, -0.2) is 0 Å². The quantitative estimate of drug-likeness (QED) is 0.367. The first-order valence-corrected chi connectivity index (χ1v) is 15.5. The molecule has 0 nitrogen and oxygen atoms in total. The van der Waals surface area contributed by atoms with E-state index in [0.29, 0.717) is 0 Å². The lowest BCUT2D eigenvalue weighted by atomic mass is 9.68. The molecule has 0 heterocycles. The van der Waals surface area contributed by atoms with Gasteiger partial charge in [-0.2, -0.15) is 0 Å². The van der Waals surface area contributed by atoms with Gasteiger partial charge in [0, 0.05) is 0 Å². The minimum Gasteiger partial charge on any atom is -0.0561 e. The lowest BCUT2D eigenvalue weighted by Gasteiger charge is -2.37. The van der Waals surface area contributed by atoms with Crippen LogP contribution in [0.2, 0.25) is 0 Å². The molecule has 0 N–H and O–H groups in total. The Bertz CT molecular complexity index is 1070. The molecule has 0 aliphatic heterocycles. The zero-order chi connectivity index (χ0) is 30.6. The Morgan fingerprint density at radius 3 is 1.03 bits per heavy atom. The SMILES string of the molecule is CC(C)(C)c1cc(C(C)(C)C)c(CCCc2cc(C(C)(C)C)c(C(C)(C)C)c(C(C)(C)C)c2)c(C(C)(C)C)c1. The first-order chi connectivity index (χ1) is 17.1. The molecule has 0 bridgehead atoms. The fourth-order valence-electron chi connectivity index (χ4n) is 6.02. The van der Waals surface area contributed by atoms with Crippen LogP contribution >= 0.6 is 0 Å². The van der Waals surface area contributed by atoms with E-state index in [4.69, 9.17) is 0 Å². The first-order valence-electron chi connectivity index (χ1n) is 15.5.